The first-order chi connectivity index (χ1) is 8.41. The van der Waals surface area contributed by atoms with Crippen LogP contribution in [0.5, 0.6) is 0 Å². The molecule has 0 bridgehead atoms. The number of nitrogen functional groups attached to an aromatic ring is 2. The van der Waals surface area contributed by atoms with Crippen LogP contribution in [0.1, 0.15) is 5.56 Å². The Labute approximate surface area is 106 Å². The highest BCUT2D eigenvalue weighted by atomic mass is 32.2. The van der Waals surface area contributed by atoms with Crippen LogP contribution in [-0.2, 0) is 9.84 Å². The monoisotopic (exact) mass is 262 g/mol. The molecule has 5 heteroatoms. The molecule has 0 aliphatic carbocycles. The summed E-state index contributed by atoms with van der Waals surface area (Å²) >= 11 is 0. The third kappa shape index (κ3) is 2.17. The molecule has 0 spiro atoms. The van der Waals surface area contributed by atoms with Crippen molar-refractivity contribution in [3.8, 4) is 0 Å². The first-order valence-electron chi connectivity index (χ1n) is 5.38. The minimum atomic E-state index is -3.56. The summed E-state index contributed by atoms with van der Waals surface area (Å²) in [4.78, 5) is 0.349. The van der Waals surface area contributed by atoms with E-state index in [1.165, 1.54) is 18.2 Å². The second kappa shape index (κ2) is 4.34. The number of sulfone groups is 1. The Kier molecular flexibility index (Phi) is 3.00. The molecule has 2 aromatic carbocycles. The van der Waals surface area contributed by atoms with Crippen molar-refractivity contribution >= 4 is 21.2 Å². The summed E-state index contributed by atoms with van der Waals surface area (Å²) in [5, 5.41) is 0. The van der Waals surface area contributed by atoms with E-state index in [0.717, 1.165) is 5.56 Å². The van der Waals surface area contributed by atoms with Gasteiger partial charge >= 0.3 is 0 Å². The maximum absolute atomic E-state index is 12.3. The van der Waals surface area contributed by atoms with E-state index in [0.29, 0.717) is 11.4 Å². The van der Waals surface area contributed by atoms with Crippen LogP contribution in [0.2, 0.25) is 0 Å². The quantitative estimate of drug-likeness (QED) is 0.810. The number of rotatable bonds is 2. The fraction of sp³-hybridized carbons (Fsp3) is 0.0769. The molecule has 4 N–H and O–H groups in total. The fourth-order valence-electron chi connectivity index (χ4n) is 1.60. The Bertz CT molecular complexity index is 694. The molecule has 0 saturated heterocycles. The molecule has 0 aromatic heterocycles. The van der Waals surface area contributed by atoms with Crippen molar-refractivity contribution in [3.05, 3.63) is 48.0 Å². The second-order valence-electron chi connectivity index (χ2n) is 4.09. The predicted molar refractivity (Wildman–Crippen MR) is 71.9 cm³/mol. The number of hydrogen-bond donors (Lipinski definition) is 2. The standard InChI is InChI=1S/C13H14N2O2S/c1-9-5-6-12(8-13(9)15)18(16,17)11-4-2-3-10(14)7-11/h2-8H,14-15H2,1H3. The summed E-state index contributed by atoms with van der Waals surface area (Å²) in [6, 6.07) is 10.9. The van der Waals surface area contributed by atoms with E-state index in [1.807, 2.05) is 6.92 Å². The lowest BCUT2D eigenvalue weighted by molar-refractivity contribution is 0.596. The fourth-order valence-corrected chi connectivity index (χ4v) is 2.95. The van der Waals surface area contributed by atoms with Crippen molar-refractivity contribution in [2.24, 2.45) is 0 Å². The van der Waals surface area contributed by atoms with Gasteiger partial charge in [0, 0.05) is 11.4 Å². The zero-order valence-electron chi connectivity index (χ0n) is 9.92. The predicted octanol–water partition coefficient (Wildman–Crippen LogP) is 1.99. The molecule has 0 unspecified atom stereocenters. The lowest BCUT2D eigenvalue weighted by Crippen LogP contribution is -2.04. The Hall–Kier alpha value is -2.01. The normalized spacial score (nSPS) is 11.4. The maximum atomic E-state index is 12.3. The number of hydrogen-bond acceptors (Lipinski definition) is 4. The molecule has 18 heavy (non-hydrogen) atoms. The highest BCUT2D eigenvalue weighted by Gasteiger charge is 2.18. The van der Waals surface area contributed by atoms with Gasteiger partial charge in [0.2, 0.25) is 9.84 Å². The van der Waals surface area contributed by atoms with Crippen LogP contribution >= 0.6 is 0 Å². The molecule has 0 saturated carbocycles. The second-order valence-corrected chi connectivity index (χ2v) is 6.04. The molecule has 0 radical (unpaired) electrons. The van der Waals surface area contributed by atoms with Gasteiger partial charge in [0.05, 0.1) is 9.79 Å². The Balaban J connectivity index is 2.58. The molecule has 4 nitrogen and oxygen atoms in total. The summed E-state index contributed by atoms with van der Waals surface area (Å²) in [7, 11) is -3.56. The summed E-state index contributed by atoms with van der Waals surface area (Å²) in [5.74, 6) is 0. The number of nitrogens with two attached hydrogens (primary N) is 2. The van der Waals surface area contributed by atoms with Crippen LogP contribution in [0.4, 0.5) is 11.4 Å². The lowest BCUT2D eigenvalue weighted by atomic mass is 10.2. The van der Waals surface area contributed by atoms with Crippen LogP contribution in [-0.4, -0.2) is 8.42 Å². The smallest absolute Gasteiger partial charge is 0.206 e. The topological polar surface area (TPSA) is 86.2 Å². The number of anilines is 2. The van der Waals surface area contributed by atoms with E-state index in [9.17, 15) is 8.42 Å². The van der Waals surface area contributed by atoms with Gasteiger partial charge in [-0.15, -0.1) is 0 Å². The van der Waals surface area contributed by atoms with Crippen LogP contribution < -0.4 is 11.5 Å². The van der Waals surface area contributed by atoms with Gasteiger partial charge in [-0.1, -0.05) is 12.1 Å². The van der Waals surface area contributed by atoms with E-state index < -0.39 is 9.84 Å². The van der Waals surface area contributed by atoms with Crippen LogP contribution in [0.25, 0.3) is 0 Å². The molecule has 0 amide bonds. The van der Waals surface area contributed by atoms with Crippen LogP contribution in [0, 0.1) is 6.92 Å². The van der Waals surface area contributed by atoms with Gasteiger partial charge in [-0.25, -0.2) is 8.42 Å². The third-order valence-electron chi connectivity index (χ3n) is 2.73. The average molecular weight is 262 g/mol. The third-order valence-corrected chi connectivity index (χ3v) is 4.48. The zero-order valence-corrected chi connectivity index (χ0v) is 10.7. The minimum absolute atomic E-state index is 0.172. The Morgan fingerprint density at radius 3 is 2.22 bits per heavy atom. The largest absolute Gasteiger partial charge is 0.399 e. The van der Waals surface area contributed by atoms with Crippen molar-refractivity contribution < 1.29 is 8.42 Å². The van der Waals surface area contributed by atoms with Gasteiger partial charge in [0.25, 0.3) is 0 Å². The van der Waals surface area contributed by atoms with Crippen LogP contribution in [0.3, 0.4) is 0 Å². The molecular formula is C13H14N2O2S. The van der Waals surface area contributed by atoms with Crippen molar-refractivity contribution in [2.45, 2.75) is 16.7 Å². The Morgan fingerprint density at radius 1 is 0.944 bits per heavy atom. The molecule has 94 valence electrons. The van der Waals surface area contributed by atoms with Gasteiger partial charge in [0.15, 0.2) is 0 Å². The van der Waals surface area contributed by atoms with E-state index in [1.54, 1.807) is 24.3 Å². The molecule has 0 atom stereocenters. The van der Waals surface area contributed by atoms with Gasteiger partial charge in [-0.05, 0) is 42.8 Å². The first-order valence-corrected chi connectivity index (χ1v) is 6.86. The molecular weight excluding hydrogens is 248 g/mol. The summed E-state index contributed by atoms with van der Waals surface area (Å²) in [6.45, 7) is 1.83. The summed E-state index contributed by atoms with van der Waals surface area (Å²) < 4.78 is 24.7. The summed E-state index contributed by atoms with van der Waals surface area (Å²) in [6.07, 6.45) is 0. The molecule has 0 heterocycles. The van der Waals surface area contributed by atoms with Crippen molar-refractivity contribution in [2.75, 3.05) is 11.5 Å². The Morgan fingerprint density at radius 2 is 1.61 bits per heavy atom. The first kappa shape index (κ1) is 12.4. The van der Waals surface area contributed by atoms with Gasteiger partial charge in [-0.2, -0.15) is 0 Å². The summed E-state index contributed by atoms with van der Waals surface area (Å²) in [5.41, 5.74) is 13.1. The molecule has 0 aliphatic heterocycles. The van der Waals surface area contributed by atoms with E-state index in [-0.39, 0.29) is 9.79 Å². The maximum Gasteiger partial charge on any atom is 0.206 e. The minimum Gasteiger partial charge on any atom is -0.399 e. The highest BCUT2D eigenvalue weighted by Crippen LogP contribution is 2.25. The van der Waals surface area contributed by atoms with E-state index >= 15 is 0 Å². The van der Waals surface area contributed by atoms with E-state index in [2.05, 4.69) is 0 Å². The number of benzene rings is 2. The van der Waals surface area contributed by atoms with Gasteiger partial charge in [0.1, 0.15) is 0 Å². The average Bonchev–Trinajstić information content (AvgIpc) is 2.32. The lowest BCUT2D eigenvalue weighted by Gasteiger charge is -2.07. The molecule has 0 fully saturated rings. The van der Waals surface area contributed by atoms with Gasteiger partial charge < -0.3 is 11.5 Å². The number of aryl methyl sites for hydroxylation is 1. The zero-order chi connectivity index (χ0) is 13.3. The highest BCUT2D eigenvalue weighted by molar-refractivity contribution is 7.91. The van der Waals surface area contributed by atoms with Crippen molar-refractivity contribution in [1.29, 1.82) is 0 Å². The molecule has 2 aromatic rings. The van der Waals surface area contributed by atoms with Crippen molar-refractivity contribution in [3.63, 3.8) is 0 Å². The van der Waals surface area contributed by atoms with E-state index in [4.69, 9.17) is 11.5 Å². The van der Waals surface area contributed by atoms with Crippen LogP contribution in [0.15, 0.2) is 52.3 Å². The molecule has 2 rings (SSSR count). The van der Waals surface area contributed by atoms with Gasteiger partial charge in [-0.3, -0.25) is 0 Å². The SMILES string of the molecule is Cc1ccc(S(=O)(=O)c2cccc(N)c2)cc1N. The van der Waals surface area contributed by atoms with Crippen molar-refractivity contribution in [1.82, 2.24) is 0 Å². The molecule has 0 aliphatic rings.